The van der Waals surface area contributed by atoms with Crippen LogP contribution >= 0.6 is 0 Å². The minimum Gasteiger partial charge on any atom is -0.543 e. The van der Waals surface area contributed by atoms with Crippen LogP contribution in [0.3, 0.4) is 0 Å². The van der Waals surface area contributed by atoms with Gasteiger partial charge < -0.3 is 14.5 Å². The van der Waals surface area contributed by atoms with Gasteiger partial charge in [0.15, 0.2) is 0 Å². The number of hydrogen-bond acceptors (Lipinski definition) is 3. The highest BCUT2D eigenvalue weighted by Gasteiger charge is 2.21. The van der Waals surface area contributed by atoms with Gasteiger partial charge in [-0.25, -0.2) is 0 Å². The van der Waals surface area contributed by atoms with Gasteiger partial charge in [-0.15, -0.1) is 0 Å². The van der Waals surface area contributed by atoms with Crippen molar-refractivity contribution >= 4 is 21.6 Å². The summed E-state index contributed by atoms with van der Waals surface area (Å²) in [4.78, 5) is 0. The van der Waals surface area contributed by atoms with E-state index in [4.69, 9.17) is 4.43 Å². The van der Waals surface area contributed by atoms with Crippen molar-refractivity contribution in [1.29, 1.82) is 0 Å². The van der Waals surface area contributed by atoms with Crippen molar-refractivity contribution in [2.24, 2.45) is 0 Å². The zero-order valence-electron chi connectivity index (χ0n) is 11.1. The summed E-state index contributed by atoms with van der Waals surface area (Å²) in [5.41, 5.74) is 1.58. The van der Waals surface area contributed by atoms with Gasteiger partial charge in [-0.3, -0.25) is 0 Å². The molecule has 17 heavy (non-hydrogen) atoms. The molecule has 0 spiro atoms. The van der Waals surface area contributed by atoms with E-state index in [-0.39, 0.29) is 5.41 Å². The average Bonchev–Trinajstić information content (AvgIpc) is 2.14. The van der Waals surface area contributed by atoms with Crippen LogP contribution in [0.25, 0.3) is 0 Å². The quantitative estimate of drug-likeness (QED) is 0.796. The van der Waals surface area contributed by atoms with Crippen LogP contribution < -0.4 is 9.89 Å². The summed E-state index contributed by atoms with van der Waals surface area (Å²) in [7, 11) is -2.41. The molecule has 0 aliphatic rings. The average molecular weight is 251 g/mol. The van der Waals surface area contributed by atoms with E-state index in [9.17, 15) is 10.0 Å². The lowest BCUT2D eigenvalue weighted by Crippen LogP contribution is -2.33. The molecule has 0 aromatic heterocycles. The highest BCUT2D eigenvalue weighted by molar-refractivity contribution is 6.60. The van der Waals surface area contributed by atoms with Crippen molar-refractivity contribution in [3.05, 3.63) is 23.8 Å². The van der Waals surface area contributed by atoms with E-state index in [1.807, 2.05) is 25.2 Å². The first-order chi connectivity index (χ1) is 7.71. The Kier molecular flexibility index (Phi) is 4.41. The zero-order chi connectivity index (χ0) is 13.2. The van der Waals surface area contributed by atoms with E-state index < -0.39 is 16.2 Å². The summed E-state index contributed by atoms with van der Waals surface area (Å²) in [6.45, 7) is 10.4. The molecule has 1 radical (unpaired) electrons. The maximum atomic E-state index is 9.30. The second-order valence-corrected chi connectivity index (χ2v) is 7.41. The highest BCUT2D eigenvalue weighted by Crippen LogP contribution is 2.25. The number of rotatable bonds is 3. The van der Waals surface area contributed by atoms with Crippen LogP contribution in [0, 0.1) is 0 Å². The normalized spacial score (nSPS) is 11.8. The topological polar surface area (TPSA) is 49.7 Å². The Morgan fingerprint density at radius 2 is 1.76 bits per heavy atom. The molecule has 0 saturated heterocycles. The summed E-state index contributed by atoms with van der Waals surface area (Å²) in [6.07, 6.45) is 0. The maximum absolute atomic E-state index is 9.30. The van der Waals surface area contributed by atoms with Gasteiger partial charge >= 0.3 is 7.12 Å². The first-order valence-electron chi connectivity index (χ1n) is 5.70. The Balaban J connectivity index is 3.19. The molecule has 1 rings (SSSR count). The predicted molar refractivity (Wildman–Crippen MR) is 73.1 cm³/mol. The van der Waals surface area contributed by atoms with Gasteiger partial charge in [0.05, 0.1) is 0 Å². The van der Waals surface area contributed by atoms with Gasteiger partial charge in [0.1, 0.15) is 5.75 Å². The Bertz CT molecular complexity index is 386. The summed E-state index contributed by atoms with van der Waals surface area (Å²) in [5, 5.41) is 18.6. The fourth-order valence-corrected chi connectivity index (χ4v) is 2.14. The van der Waals surface area contributed by atoms with Gasteiger partial charge in [-0.2, -0.15) is 0 Å². The zero-order valence-corrected chi connectivity index (χ0v) is 12.1. The highest BCUT2D eigenvalue weighted by atomic mass is 28.3. The van der Waals surface area contributed by atoms with Crippen LogP contribution in [0.15, 0.2) is 18.2 Å². The number of benzene rings is 1. The Labute approximate surface area is 105 Å². The molecular weight excluding hydrogens is 231 g/mol. The fraction of sp³-hybridized carbons (Fsp3) is 0.500. The summed E-state index contributed by atoms with van der Waals surface area (Å²) < 4.78 is 5.72. The molecule has 3 nitrogen and oxygen atoms in total. The lowest BCUT2D eigenvalue weighted by Gasteiger charge is -2.22. The Morgan fingerprint density at radius 3 is 2.18 bits per heavy atom. The van der Waals surface area contributed by atoms with Gasteiger partial charge in [0, 0.05) is 5.46 Å². The molecule has 0 atom stereocenters. The standard InChI is InChI=1S/C12H20BO3Si/c1-12(2,3)9-6-7-10(13(14)15)11(8-9)16-17(4)5/h6-8,14-15H,1-5H3. The second kappa shape index (κ2) is 5.25. The van der Waals surface area contributed by atoms with Crippen molar-refractivity contribution in [1.82, 2.24) is 0 Å². The lowest BCUT2D eigenvalue weighted by atomic mass is 9.77. The van der Waals surface area contributed by atoms with Crippen molar-refractivity contribution in [2.75, 3.05) is 0 Å². The molecule has 1 aromatic rings. The van der Waals surface area contributed by atoms with Crippen LogP contribution in [-0.4, -0.2) is 26.2 Å². The minimum absolute atomic E-state index is 0.0193. The Hall–Kier alpha value is -0.778. The van der Waals surface area contributed by atoms with Crippen molar-refractivity contribution in [3.8, 4) is 5.75 Å². The molecule has 0 bridgehead atoms. The predicted octanol–water partition coefficient (Wildman–Crippen LogP) is 1.29. The van der Waals surface area contributed by atoms with Crippen LogP contribution in [0.4, 0.5) is 0 Å². The molecule has 2 N–H and O–H groups in total. The first kappa shape index (κ1) is 14.3. The molecule has 0 amide bonds. The molecular formula is C12H20BO3Si. The maximum Gasteiger partial charge on any atom is 0.492 e. The van der Waals surface area contributed by atoms with Gasteiger partial charge in [-0.05, 0) is 30.1 Å². The van der Waals surface area contributed by atoms with Crippen LogP contribution in [0.1, 0.15) is 26.3 Å². The van der Waals surface area contributed by atoms with Crippen molar-refractivity contribution in [2.45, 2.75) is 39.3 Å². The number of hydrogen-bond donors (Lipinski definition) is 2. The monoisotopic (exact) mass is 251 g/mol. The molecule has 0 saturated carbocycles. The minimum atomic E-state index is -1.49. The molecule has 1 aromatic carbocycles. The first-order valence-corrected chi connectivity index (χ1v) is 8.11. The van der Waals surface area contributed by atoms with Crippen LogP contribution in [0.2, 0.25) is 13.1 Å². The van der Waals surface area contributed by atoms with Gasteiger partial charge in [-0.1, -0.05) is 32.9 Å². The molecule has 0 unspecified atom stereocenters. The summed E-state index contributed by atoms with van der Waals surface area (Å²) in [5.74, 6) is 0.589. The smallest absolute Gasteiger partial charge is 0.492 e. The van der Waals surface area contributed by atoms with E-state index in [0.717, 1.165) is 5.56 Å². The fourth-order valence-electron chi connectivity index (χ4n) is 1.52. The van der Waals surface area contributed by atoms with Gasteiger partial charge in [0.2, 0.25) is 0 Å². The van der Waals surface area contributed by atoms with Crippen molar-refractivity contribution < 1.29 is 14.5 Å². The SMILES string of the molecule is C[Si](C)Oc1cc(C(C)(C)C)ccc1B(O)O. The summed E-state index contributed by atoms with van der Waals surface area (Å²) >= 11 is 0. The molecule has 0 heterocycles. The lowest BCUT2D eigenvalue weighted by molar-refractivity contribution is 0.423. The van der Waals surface area contributed by atoms with Gasteiger partial charge in [0.25, 0.3) is 9.04 Å². The summed E-state index contributed by atoms with van der Waals surface area (Å²) in [6, 6.07) is 5.55. The third-order valence-corrected chi connectivity index (χ3v) is 3.10. The molecule has 0 aliphatic carbocycles. The third-order valence-electron chi connectivity index (χ3n) is 2.47. The third kappa shape index (κ3) is 3.87. The van der Waals surface area contributed by atoms with Crippen LogP contribution in [-0.2, 0) is 5.41 Å². The molecule has 5 heteroatoms. The van der Waals surface area contributed by atoms with E-state index >= 15 is 0 Å². The van der Waals surface area contributed by atoms with Crippen LogP contribution in [0.5, 0.6) is 5.75 Å². The van der Waals surface area contributed by atoms with E-state index in [2.05, 4.69) is 20.8 Å². The van der Waals surface area contributed by atoms with E-state index in [1.165, 1.54) is 0 Å². The Morgan fingerprint density at radius 1 is 1.18 bits per heavy atom. The van der Waals surface area contributed by atoms with Crippen molar-refractivity contribution in [3.63, 3.8) is 0 Å². The largest absolute Gasteiger partial charge is 0.543 e. The molecule has 0 aliphatic heterocycles. The molecule has 0 fully saturated rings. The van der Waals surface area contributed by atoms with E-state index in [1.54, 1.807) is 6.07 Å². The molecule has 93 valence electrons. The second-order valence-electron chi connectivity index (χ2n) is 5.39. The van der Waals surface area contributed by atoms with E-state index in [0.29, 0.717) is 11.2 Å².